The molecule has 0 aliphatic rings. The molecule has 0 fully saturated rings. The Morgan fingerprint density at radius 3 is 2.53 bits per heavy atom. The minimum atomic E-state index is -1.03. The fourth-order valence-electron chi connectivity index (χ4n) is 1.18. The van der Waals surface area contributed by atoms with Crippen molar-refractivity contribution in [2.45, 2.75) is 26.2 Å². The molecule has 0 spiro atoms. The average molecular weight is 229 g/mol. The first-order chi connectivity index (χ1) is 7.04. The highest BCUT2D eigenvalue weighted by Crippen LogP contribution is 2.20. The summed E-state index contributed by atoms with van der Waals surface area (Å²) in [4.78, 5) is 25.4. The molecule has 0 radical (unpaired) electrons. The predicted molar refractivity (Wildman–Crippen MR) is 54.4 cm³/mol. The molecule has 5 nitrogen and oxygen atoms in total. The van der Waals surface area contributed by atoms with Crippen LogP contribution in [0, 0.1) is 0 Å². The number of carbonyl (C=O) groups is 2. The Labute approximate surface area is 90.4 Å². The van der Waals surface area contributed by atoms with Crippen LogP contribution in [0.4, 0.5) is 0 Å². The lowest BCUT2D eigenvalue weighted by Crippen LogP contribution is -2.00. The van der Waals surface area contributed by atoms with Crippen molar-refractivity contribution in [3.05, 3.63) is 15.6 Å². The topological polar surface area (TPSA) is 87.5 Å². The Morgan fingerprint density at radius 1 is 1.40 bits per heavy atom. The molecule has 0 saturated heterocycles. The summed E-state index contributed by atoms with van der Waals surface area (Å²) in [7, 11) is 0. The monoisotopic (exact) mass is 229 g/mol. The van der Waals surface area contributed by atoms with Crippen molar-refractivity contribution in [2.75, 3.05) is 0 Å². The van der Waals surface area contributed by atoms with Gasteiger partial charge in [-0.15, -0.1) is 11.3 Å². The summed E-state index contributed by atoms with van der Waals surface area (Å²) >= 11 is 0.944. The smallest absolute Gasteiger partial charge is 0.347 e. The van der Waals surface area contributed by atoms with E-state index in [1.807, 2.05) is 6.92 Å². The van der Waals surface area contributed by atoms with Crippen LogP contribution in [-0.4, -0.2) is 27.1 Å². The number of nitrogens with zero attached hydrogens (tertiary/aromatic N) is 1. The van der Waals surface area contributed by atoms with Gasteiger partial charge in [-0.25, -0.2) is 9.78 Å². The molecule has 0 saturated carbocycles. The van der Waals surface area contributed by atoms with E-state index in [4.69, 9.17) is 10.2 Å². The molecule has 0 bridgehead atoms. The maximum absolute atomic E-state index is 10.8. The van der Waals surface area contributed by atoms with Crippen LogP contribution in [0.1, 0.15) is 33.7 Å². The summed E-state index contributed by atoms with van der Waals surface area (Å²) in [6.45, 7) is 1.92. The number of aliphatic carboxylic acids is 1. The van der Waals surface area contributed by atoms with Gasteiger partial charge in [-0.05, 0) is 6.42 Å². The van der Waals surface area contributed by atoms with E-state index in [0.29, 0.717) is 17.1 Å². The maximum atomic E-state index is 10.8. The number of aryl methyl sites for hydroxylation is 1. The Balaban J connectivity index is 2.97. The van der Waals surface area contributed by atoms with Gasteiger partial charge in [-0.2, -0.15) is 0 Å². The molecule has 0 atom stereocenters. The van der Waals surface area contributed by atoms with Gasteiger partial charge < -0.3 is 10.2 Å². The Hall–Kier alpha value is -1.43. The van der Waals surface area contributed by atoms with Crippen molar-refractivity contribution in [2.24, 2.45) is 0 Å². The van der Waals surface area contributed by atoms with Gasteiger partial charge in [0.15, 0.2) is 0 Å². The summed E-state index contributed by atoms with van der Waals surface area (Å²) < 4.78 is 0. The highest BCUT2D eigenvalue weighted by atomic mass is 32.1. The summed E-state index contributed by atoms with van der Waals surface area (Å²) in [6, 6.07) is 0. The lowest BCUT2D eigenvalue weighted by molar-refractivity contribution is -0.136. The van der Waals surface area contributed by atoms with Crippen LogP contribution in [-0.2, 0) is 17.6 Å². The van der Waals surface area contributed by atoms with Gasteiger partial charge in [0.05, 0.1) is 12.1 Å². The molecule has 82 valence electrons. The zero-order valence-corrected chi connectivity index (χ0v) is 9.00. The number of hydrogen-bond acceptors (Lipinski definition) is 4. The molecular formula is C9H11NO4S. The second-order valence-electron chi connectivity index (χ2n) is 3.01. The Kier molecular flexibility index (Phi) is 3.79. The molecule has 0 amide bonds. The van der Waals surface area contributed by atoms with Crippen molar-refractivity contribution >= 4 is 23.3 Å². The number of aromatic carboxylic acids is 1. The summed E-state index contributed by atoms with van der Waals surface area (Å²) in [5.41, 5.74) is 0.492. The number of aromatic nitrogens is 1. The first kappa shape index (κ1) is 11.6. The van der Waals surface area contributed by atoms with Gasteiger partial charge in [0.25, 0.3) is 0 Å². The molecular weight excluding hydrogens is 218 g/mol. The van der Waals surface area contributed by atoms with E-state index in [0.717, 1.165) is 17.8 Å². The third-order valence-corrected chi connectivity index (χ3v) is 2.81. The predicted octanol–water partition coefficient (Wildman–Crippen LogP) is 1.42. The van der Waals surface area contributed by atoms with Crippen LogP contribution in [0.15, 0.2) is 0 Å². The van der Waals surface area contributed by atoms with Crippen LogP contribution in [0.3, 0.4) is 0 Å². The van der Waals surface area contributed by atoms with Crippen LogP contribution in [0.25, 0.3) is 0 Å². The Bertz CT molecular complexity index is 385. The molecule has 0 aliphatic carbocycles. The first-order valence-corrected chi connectivity index (χ1v) is 5.30. The molecule has 6 heteroatoms. The normalized spacial score (nSPS) is 10.2. The zero-order valence-electron chi connectivity index (χ0n) is 8.19. The van der Waals surface area contributed by atoms with E-state index >= 15 is 0 Å². The fourth-order valence-corrected chi connectivity index (χ4v) is 2.12. The standard InChI is InChI=1S/C9H11NO4S/c1-2-3-5-8(9(13)14)15-6(10-5)4-7(11)12/h2-4H2,1H3,(H,11,12)(H,13,14). The van der Waals surface area contributed by atoms with Crippen LogP contribution in [0.2, 0.25) is 0 Å². The minimum Gasteiger partial charge on any atom is -0.481 e. The fraction of sp³-hybridized carbons (Fsp3) is 0.444. The molecule has 1 heterocycles. The van der Waals surface area contributed by atoms with E-state index in [1.165, 1.54) is 0 Å². The van der Waals surface area contributed by atoms with Gasteiger partial charge in [0.2, 0.25) is 0 Å². The van der Waals surface area contributed by atoms with Crippen LogP contribution in [0.5, 0.6) is 0 Å². The van der Waals surface area contributed by atoms with Crippen LogP contribution >= 0.6 is 11.3 Å². The van der Waals surface area contributed by atoms with Gasteiger partial charge >= 0.3 is 11.9 Å². The average Bonchev–Trinajstić information content (AvgIpc) is 2.47. The Morgan fingerprint density at radius 2 is 2.07 bits per heavy atom. The van der Waals surface area contributed by atoms with E-state index < -0.39 is 11.9 Å². The number of thiazole rings is 1. The highest BCUT2D eigenvalue weighted by Gasteiger charge is 2.17. The molecule has 0 unspecified atom stereocenters. The minimum absolute atomic E-state index is 0.160. The van der Waals surface area contributed by atoms with Crippen molar-refractivity contribution in [1.82, 2.24) is 4.98 Å². The third kappa shape index (κ3) is 3.02. The number of carboxylic acids is 2. The first-order valence-electron chi connectivity index (χ1n) is 4.48. The van der Waals surface area contributed by atoms with Crippen molar-refractivity contribution in [3.63, 3.8) is 0 Å². The lowest BCUT2D eigenvalue weighted by Gasteiger charge is -1.93. The van der Waals surface area contributed by atoms with E-state index in [-0.39, 0.29) is 11.3 Å². The quantitative estimate of drug-likeness (QED) is 0.797. The van der Waals surface area contributed by atoms with Gasteiger partial charge in [0.1, 0.15) is 9.88 Å². The number of hydrogen-bond donors (Lipinski definition) is 2. The van der Waals surface area contributed by atoms with E-state index in [9.17, 15) is 9.59 Å². The van der Waals surface area contributed by atoms with Crippen LogP contribution < -0.4 is 0 Å². The molecule has 0 aromatic carbocycles. The SMILES string of the molecule is CCCc1nc(CC(=O)O)sc1C(=O)O. The number of carboxylic acid groups (broad SMARTS) is 2. The number of rotatable bonds is 5. The molecule has 1 aromatic rings. The summed E-state index contributed by atoms with van der Waals surface area (Å²) in [5, 5.41) is 17.8. The van der Waals surface area contributed by atoms with Gasteiger partial charge in [-0.3, -0.25) is 4.79 Å². The largest absolute Gasteiger partial charge is 0.481 e. The van der Waals surface area contributed by atoms with Gasteiger partial charge in [0, 0.05) is 0 Å². The maximum Gasteiger partial charge on any atom is 0.347 e. The molecule has 15 heavy (non-hydrogen) atoms. The molecule has 2 N–H and O–H groups in total. The second-order valence-corrected chi connectivity index (χ2v) is 4.09. The third-order valence-electron chi connectivity index (χ3n) is 1.73. The van der Waals surface area contributed by atoms with Crippen molar-refractivity contribution in [1.29, 1.82) is 0 Å². The zero-order chi connectivity index (χ0) is 11.4. The second kappa shape index (κ2) is 4.88. The van der Waals surface area contributed by atoms with Gasteiger partial charge in [-0.1, -0.05) is 13.3 Å². The molecule has 1 aromatic heterocycles. The molecule has 1 rings (SSSR count). The van der Waals surface area contributed by atoms with Crippen molar-refractivity contribution in [3.8, 4) is 0 Å². The van der Waals surface area contributed by atoms with E-state index in [2.05, 4.69) is 4.98 Å². The van der Waals surface area contributed by atoms with Crippen molar-refractivity contribution < 1.29 is 19.8 Å². The molecule has 0 aliphatic heterocycles. The lowest BCUT2D eigenvalue weighted by atomic mass is 10.2. The summed E-state index contributed by atoms with van der Waals surface area (Å²) in [6.07, 6.45) is 1.14. The highest BCUT2D eigenvalue weighted by molar-refractivity contribution is 7.13. The van der Waals surface area contributed by atoms with E-state index in [1.54, 1.807) is 0 Å². The summed E-state index contributed by atoms with van der Waals surface area (Å²) in [5.74, 6) is -2.03.